The minimum atomic E-state index is 1.28. The lowest BCUT2D eigenvalue weighted by molar-refractivity contribution is 1.46. The summed E-state index contributed by atoms with van der Waals surface area (Å²) >= 11 is 0. The molecule has 464 valence electrons. The zero-order valence-corrected chi connectivity index (χ0v) is 55.9. The van der Waals surface area contributed by atoms with Crippen molar-refractivity contribution in [3.63, 3.8) is 0 Å². The summed E-state index contributed by atoms with van der Waals surface area (Å²) in [6.45, 7) is 14.9. The molecule has 0 N–H and O–H groups in total. The molecule has 0 atom stereocenters. The van der Waals surface area contributed by atoms with Crippen LogP contribution in [-0.2, 0) is 0 Å². The van der Waals surface area contributed by atoms with E-state index in [1.165, 1.54) is 138 Å². The molecule has 0 amide bonds. The standard InChI is InChI=1S/2C17H14.3C13H12.2C11H10/c1-13-6-4-9-15(12-13)17-11-5-8-14-7-2-3-10-16(14)17;1-13-9-11-15(12-10-13)17-8-4-6-14-5-2-3-7-16(14)17;1-11-7-5-6-10-13(11)12-8-3-2-4-9-12;1-11-6-5-9-13(10-11)12-7-3-2-4-8-12;1-11-7-9-13(10-8-11)12-5-3-2-4-6-12;1-9-5-4-7-10-6-2-3-8-11(9)10;1-9-6-7-10-4-2-3-5-11(10)8-9/h2*2-12H,1H3;3*2-10H,1H3;2*2-8H,1H3. The maximum Gasteiger partial charge on any atom is -0.0105 e. The van der Waals surface area contributed by atoms with Crippen LogP contribution in [0.2, 0.25) is 0 Å². The predicted octanol–water partition coefficient (Wildman–Crippen LogP) is 26.9. The van der Waals surface area contributed by atoms with Crippen molar-refractivity contribution in [2.75, 3.05) is 0 Å². The van der Waals surface area contributed by atoms with E-state index in [0.717, 1.165) is 0 Å². The third-order valence-electron chi connectivity index (χ3n) is 16.7. The highest BCUT2D eigenvalue weighted by molar-refractivity contribution is 5.98. The topological polar surface area (TPSA) is 0 Å². The van der Waals surface area contributed by atoms with Crippen molar-refractivity contribution in [3.8, 4) is 55.6 Å². The largest absolute Gasteiger partial charge is 0.0622 e. The Bertz CT molecular complexity index is 4960. The second kappa shape index (κ2) is 34.3. The average Bonchev–Trinajstić information content (AvgIpc) is 0.892. The summed E-state index contributed by atoms with van der Waals surface area (Å²) in [6, 6.07) is 134. The van der Waals surface area contributed by atoms with Crippen LogP contribution in [0.3, 0.4) is 0 Å². The van der Waals surface area contributed by atoms with Gasteiger partial charge in [-0.2, -0.15) is 0 Å². The monoisotopic (exact) mass is 1220 g/mol. The molecule has 0 spiro atoms. The van der Waals surface area contributed by atoms with Gasteiger partial charge in [-0.25, -0.2) is 0 Å². The molecule has 0 bridgehead atoms. The Morgan fingerprint density at radius 3 is 0.968 bits per heavy atom. The van der Waals surface area contributed by atoms with Gasteiger partial charge in [-0.1, -0.05) is 410 Å². The molecule has 0 aromatic heterocycles. The van der Waals surface area contributed by atoms with Crippen LogP contribution in [0.15, 0.2) is 382 Å². The molecule has 0 aliphatic heterocycles. The molecule has 0 heteroatoms. The van der Waals surface area contributed by atoms with Crippen molar-refractivity contribution >= 4 is 43.1 Å². The summed E-state index contributed by atoms with van der Waals surface area (Å²) in [5.74, 6) is 0. The molecule has 0 aliphatic carbocycles. The smallest absolute Gasteiger partial charge is 0.0105 e. The van der Waals surface area contributed by atoms with E-state index in [9.17, 15) is 0 Å². The van der Waals surface area contributed by atoms with Gasteiger partial charge >= 0.3 is 0 Å². The van der Waals surface area contributed by atoms with Gasteiger partial charge in [0.1, 0.15) is 0 Å². The summed E-state index contributed by atoms with van der Waals surface area (Å²) in [4.78, 5) is 0. The Morgan fingerprint density at radius 1 is 0.137 bits per heavy atom. The Hall–Kier alpha value is -11.4. The molecule has 95 heavy (non-hydrogen) atoms. The van der Waals surface area contributed by atoms with Crippen molar-refractivity contribution in [2.24, 2.45) is 0 Å². The second-order valence-corrected chi connectivity index (χ2v) is 24.1. The van der Waals surface area contributed by atoms with Crippen molar-refractivity contribution < 1.29 is 0 Å². The van der Waals surface area contributed by atoms with E-state index in [1.807, 2.05) is 18.2 Å². The average molecular weight is 1230 g/mol. The van der Waals surface area contributed by atoms with Crippen LogP contribution in [-0.4, -0.2) is 0 Å². The van der Waals surface area contributed by atoms with Gasteiger partial charge in [-0.15, -0.1) is 0 Å². The lowest BCUT2D eigenvalue weighted by Crippen LogP contribution is -1.82. The van der Waals surface area contributed by atoms with Crippen LogP contribution < -0.4 is 0 Å². The summed E-state index contributed by atoms with van der Waals surface area (Å²) in [7, 11) is 0. The van der Waals surface area contributed by atoms with Crippen LogP contribution in [0.25, 0.3) is 98.7 Å². The van der Waals surface area contributed by atoms with Gasteiger partial charge < -0.3 is 0 Å². The van der Waals surface area contributed by atoms with E-state index >= 15 is 0 Å². The van der Waals surface area contributed by atoms with E-state index < -0.39 is 0 Å². The summed E-state index contributed by atoms with van der Waals surface area (Å²) in [5.41, 5.74) is 22.2. The van der Waals surface area contributed by atoms with E-state index in [0.29, 0.717) is 0 Å². The molecule has 0 aliphatic rings. The fourth-order valence-electron chi connectivity index (χ4n) is 11.5. The minimum Gasteiger partial charge on any atom is -0.0622 e. The van der Waals surface area contributed by atoms with Crippen LogP contribution >= 0.6 is 0 Å². The van der Waals surface area contributed by atoms with Crippen molar-refractivity contribution in [1.29, 1.82) is 0 Å². The van der Waals surface area contributed by atoms with Crippen molar-refractivity contribution in [2.45, 2.75) is 48.5 Å². The highest BCUT2D eigenvalue weighted by Crippen LogP contribution is 2.31. The van der Waals surface area contributed by atoms with Crippen LogP contribution in [0, 0.1) is 48.5 Å². The third kappa shape index (κ3) is 19.3. The number of aryl methyl sites for hydroxylation is 7. The van der Waals surface area contributed by atoms with Crippen LogP contribution in [0.1, 0.15) is 38.9 Å². The first-order chi connectivity index (χ1) is 46.5. The molecule has 0 saturated heterocycles. The molecule has 16 aromatic rings. The lowest BCUT2D eigenvalue weighted by atomic mass is 9.97. The van der Waals surface area contributed by atoms with Gasteiger partial charge in [0, 0.05) is 0 Å². The molecule has 0 fully saturated rings. The fraction of sp³-hybridized carbons (Fsp3) is 0.0737. The number of fused-ring (bicyclic) bond motifs is 4. The number of benzene rings is 16. The highest BCUT2D eigenvalue weighted by atomic mass is 14.1. The van der Waals surface area contributed by atoms with Crippen LogP contribution in [0.4, 0.5) is 0 Å². The summed E-state index contributed by atoms with van der Waals surface area (Å²) in [6.07, 6.45) is 0. The first-order valence-electron chi connectivity index (χ1n) is 32.9. The fourth-order valence-corrected chi connectivity index (χ4v) is 11.5. The molecule has 0 saturated carbocycles. The number of rotatable bonds is 5. The van der Waals surface area contributed by atoms with Crippen LogP contribution in [0.5, 0.6) is 0 Å². The van der Waals surface area contributed by atoms with Gasteiger partial charge in [-0.3, -0.25) is 0 Å². The quantitative estimate of drug-likeness (QED) is 0.161. The zero-order valence-electron chi connectivity index (χ0n) is 55.9. The van der Waals surface area contributed by atoms with Crippen molar-refractivity contribution in [1.82, 2.24) is 0 Å². The maximum atomic E-state index is 2.24. The third-order valence-corrected chi connectivity index (χ3v) is 16.7. The molecular weight excluding hydrogens is 1140 g/mol. The van der Waals surface area contributed by atoms with E-state index in [1.54, 1.807) is 0 Å². The Labute approximate surface area is 564 Å². The first-order valence-corrected chi connectivity index (χ1v) is 32.9. The molecule has 16 rings (SSSR count). The molecule has 16 aromatic carbocycles. The minimum absolute atomic E-state index is 1.28. The van der Waals surface area contributed by atoms with Gasteiger partial charge in [0.15, 0.2) is 0 Å². The maximum absolute atomic E-state index is 2.24. The highest BCUT2D eigenvalue weighted by Gasteiger charge is 2.05. The van der Waals surface area contributed by atoms with E-state index in [-0.39, 0.29) is 0 Å². The lowest BCUT2D eigenvalue weighted by Gasteiger charge is -2.07. The Balaban J connectivity index is 0.000000121. The van der Waals surface area contributed by atoms with Gasteiger partial charge in [0.05, 0.1) is 0 Å². The SMILES string of the molecule is Cc1ccc(-c2cccc3ccccc23)cc1.Cc1ccc(-c2ccccc2)cc1.Cc1ccc2ccccc2c1.Cc1cccc(-c2cccc3ccccc23)c1.Cc1cccc(-c2ccccc2)c1.Cc1cccc2ccccc12.Cc1ccccc1-c1ccccc1. The first kappa shape index (κ1) is 66.5. The molecule has 0 nitrogen and oxygen atoms in total. The van der Waals surface area contributed by atoms with E-state index in [2.05, 4.69) is 412 Å². The molecular formula is C95H84. The zero-order chi connectivity index (χ0) is 66.0. The number of hydrogen-bond donors (Lipinski definition) is 0. The number of hydrogen-bond acceptors (Lipinski definition) is 0. The molecule has 0 heterocycles. The van der Waals surface area contributed by atoms with Gasteiger partial charge in [-0.05, 0) is 158 Å². The summed E-state index contributed by atoms with van der Waals surface area (Å²) < 4.78 is 0. The van der Waals surface area contributed by atoms with Gasteiger partial charge in [0.25, 0.3) is 0 Å². The van der Waals surface area contributed by atoms with E-state index in [4.69, 9.17) is 0 Å². The predicted molar refractivity (Wildman–Crippen MR) is 415 cm³/mol. The molecule has 0 radical (unpaired) electrons. The Kier molecular flexibility index (Phi) is 24.0. The Morgan fingerprint density at radius 2 is 0.442 bits per heavy atom. The molecule has 0 unspecified atom stereocenters. The summed E-state index contributed by atoms with van der Waals surface area (Å²) in [5, 5.41) is 10.6. The normalized spacial score (nSPS) is 10.3. The second-order valence-electron chi connectivity index (χ2n) is 24.1. The van der Waals surface area contributed by atoms with Crippen molar-refractivity contribution in [3.05, 3.63) is 421 Å². The van der Waals surface area contributed by atoms with Gasteiger partial charge in [0.2, 0.25) is 0 Å².